The molecule has 0 aromatic heterocycles. The number of hydrogen-bond donors (Lipinski definition) is 3. The van der Waals surface area contributed by atoms with Gasteiger partial charge in [0.15, 0.2) is 11.6 Å². The first-order chi connectivity index (χ1) is 23.3. The lowest BCUT2D eigenvalue weighted by Gasteiger charge is -2.50. The van der Waals surface area contributed by atoms with Gasteiger partial charge in [-0.15, -0.1) is 0 Å². The van der Waals surface area contributed by atoms with E-state index in [-0.39, 0.29) is 49.0 Å². The maximum Gasteiger partial charge on any atom is 0.313 e. The highest BCUT2D eigenvalue weighted by atomic mass is 16.5. The highest BCUT2D eigenvalue weighted by Crippen LogP contribution is 2.55. The van der Waals surface area contributed by atoms with Crippen molar-refractivity contribution in [1.29, 1.82) is 0 Å². The van der Waals surface area contributed by atoms with Gasteiger partial charge < -0.3 is 24.8 Å². The Morgan fingerprint density at radius 3 is 2.28 bits per heavy atom. The molecule has 1 saturated heterocycles. The minimum absolute atomic E-state index is 0.00490. The Bertz CT molecular complexity index is 1470. The van der Waals surface area contributed by atoms with Gasteiger partial charge in [-0.25, -0.2) is 0 Å². The highest BCUT2D eigenvalue weighted by molar-refractivity contribution is 6.02. The third-order valence-corrected chi connectivity index (χ3v) is 12.4. The van der Waals surface area contributed by atoms with Gasteiger partial charge in [-0.05, 0) is 110 Å². The first-order valence-corrected chi connectivity index (χ1v) is 18.4. The fraction of sp³-hybridized carbons (Fsp3) is 0.707. The van der Waals surface area contributed by atoms with Gasteiger partial charge in [0.25, 0.3) is 0 Å². The molecule has 2 aliphatic heterocycles. The second-order valence-corrected chi connectivity index (χ2v) is 16.5. The van der Waals surface area contributed by atoms with Crippen molar-refractivity contribution in [3.63, 3.8) is 0 Å². The molecule has 4 rings (SSSR count). The van der Waals surface area contributed by atoms with Gasteiger partial charge in [0, 0.05) is 30.6 Å². The summed E-state index contributed by atoms with van der Waals surface area (Å²) in [6, 6.07) is 0. The lowest BCUT2D eigenvalue weighted by Crippen LogP contribution is -2.59. The van der Waals surface area contributed by atoms with Gasteiger partial charge in [-0.3, -0.25) is 19.2 Å². The molecule has 2 heterocycles. The second-order valence-electron chi connectivity index (χ2n) is 16.5. The van der Waals surface area contributed by atoms with Crippen LogP contribution in [0.1, 0.15) is 120 Å². The molecule has 0 unspecified atom stereocenters. The van der Waals surface area contributed by atoms with Crippen LogP contribution in [0.4, 0.5) is 0 Å². The van der Waals surface area contributed by atoms with E-state index in [1.165, 1.54) is 7.11 Å². The van der Waals surface area contributed by atoms with Gasteiger partial charge in [-0.1, -0.05) is 48.3 Å². The van der Waals surface area contributed by atoms with Crippen LogP contribution in [0.15, 0.2) is 46.1 Å². The topological polar surface area (TPSA) is 147 Å². The van der Waals surface area contributed by atoms with Gasteiger partial charge in [0.05, 0.1) is 36.4 Å². The number of ether oxygens (including phenoxy) is 2. The number of ketones is 3. The number of esters is 1. The normalized spacial score (nSPS) is 41.5. The van der Waals surface area contributed by atoms with Crippen LogP contribution in [0.25, 0.3) is 0 Å². The SMILES string of the molecule is COC(=O)[C@]12CC(=O)[C@H](C(C)C)CC(=O)/C(C)=C/CC/C(C)=C\C(=O)[C@H]1CC(C)=C1C[C@H](O)[C@](C)(O)[C@H]3CC[C@@](C)(O)[C@H](CC/C(C)=C/[C@@H]12)O3. The molecule has 0 radical (unpaired) electrons. The number of fused-ring (bicyclic) bond motifs is 5. The van der Waals surface area contributed by atoms with Crippen molar-refractivity contribution in [2.45, 2.75) is 149 Å². The molecule has 3 N–H and O–H groups in total. The largest absolute Gasteiger partial charge is 0.469 e. The molecule has 0 aromatic carbocycles. The summed E-state index contributed by atoms with van der Waals surface area (Å²) in [4.78, 5) is 57.1. The van der Waals surface area contributed by atoms with Crippen LogP contribution in [0, 0.1) is 29.1 Å². The van der Waals surface area contributed by atoms with Crippen LogP contribution < -0.4 is 0 Å². The molecule has 1 fully saturated rings. The second kappa shape index (κ2) is 15.5. The van der Waals surface area contributed by atoms with Gasteiger partial charge in [0.2, 0.25) is 0 Å². The quantitative estimate of drug-likeness (QED) is 0.231. The molecule has 0 spiro atoms. The summed E-state index contributed by atoms with van der Waals surface area (Å²) in [5.74, 6) is -4.06. The number of rotatable bonds is 2. The van der Waals surface area contributed by atoms with Crippen LogP contribution in [0.3, 0.4) is 0 Å². The van der Waals surface area contributed by atoms with E-state index < -0.39 is 58.7 Å². The fourth-order valence-electron chi connectivity index (χ4n) is 8.79. The monoisotopic (exact) mass is 696 g/mol. The molecule has 9 nitrogen and oxygen atoms in total. The van der Waals surface area contributed by atoms with Crippen LogP contribution in [-0.2, 0) is 28.7 Å². The molecule has 50 heavy (non-hydrogen) atoms. The lowest BCUT2D eigenvalue weighted by molar-refractivity contribution is -0.234. The van der Waals surface area contributed by atoms with Gasteiger partial charge in [0.1, 0.15) is 11.4 Å². The fourth-order valence-corrected chi connectivity index (χ4v) is 8.79. The Balaban J connectivity index is 2.00. The van der Waals surface area contributed by atoms with Crippen molar-refractivity contribution in [3.8, 4) is 0 Å². The van der Waals surface area contributed by atoms with Crippen LogP contribution in [-0.4, -0.2) is 75.3 Å². The molecule has 278 valence electrons. The molecule has 2 aliphatic carbocycles. The Kier molecular flexibility index (Phi) is 12.4. The summed E-state index contributed by atoms with van der Waals surface area (Å²) < 4.78 is 11.9. The molecule has 0 aromatic rings. The number of hydrogen-bond acceptors (Lipinski definition) is 9. The summed E-state index contributed by atoms with van der Waals surface area (Å²) in [5, 5.41) is 34.9. The zero-order valence-corrected chi connectivity index (χ0v) is 31.6. The summed E-state index contributed by atoms with van der Waals surface area (Å²) in [5.41, 5.74) is -0.799. The lowest BCUT2D eigenvalue weighted by atomic mass is 9.53. The first-order valence-electron chi connectivity index (χ1n) is 18.4. The van der Waals surface area contributed by atoms with Crippen molar-refractivity contribution in [3.05, 3.63) is 46.1 Å². The molecule has 9 heteroatoms. The number of allylic oxidation sites excluding steroid dienone is 7. The van der Waals surface area contributed by atoms with Crippen LogP contribution in [0.2, 0.25) is 0 Å². The van der Waals surface area contributed by atoms with E-state index in [4.69, 9.17) is 9.47 Å². The number of aliphatic hydroxyl groups is 3. The van der Waals surface area contributed by atoms with E-state index in [9.17, 15) is 34.5 Å². The average molecular weight is 697 g/mol. The zero-order valence-electron chi connectivity index (χ0n) is 31.6. The minimum Gasteiger partial charge on any atom is -0.469 e. The van der Waals surface area contributed by atoms with E-state index in [2.05, 4.69) is 0 Å². The number of carbonyl (C=O) groups excluding carboxylic acids is 4. The summed E-state index contributed by atoms with van der Waals surface area (Å²) in [6.07, 6.45) is 5.25. The molecule has 0 saturated carbocycles. The summed E-state index contributed by atoms with van der Waals surface area (Å²) >= 11 is 0. The number of aliphatic hydroxyl groups excluding tert-OH is 1. The van der Waals surface area contributed by atoms with E-state index >= 15 is 0 Å². The Labute approximate surface area is 298 Å². The maximum absolute atomic E-state index is 14.6. The van der Waals surface area contributed by atoms with Gasteiger partial charge in [-0.2, -0.15) is 0 Å². The first kappa shape index (κ1) is 40.1. The third-order valence-electron chi connectivity index (χ3n) is 12.4. The van der Waals surface area contributed by atoms with E-state index in [1.807, 2.05) is 46.8 Å². The molecular weight excluding hydrogens is 636 g/mol. The predicted molar refractivity (Wildman–Crippen MR) is 191 cm³/mol. The number of carbonyl (C=O) groups is 4. The molecule has 2 bridgehead atoms. The predicted octanol–water partition coefficient (Wildman–Crippen LogP) is 6.09. The zero-order chi connectivity index (χ0) is 37.3. The number of methoxy groups -OCH3 is 1. The molecule has 9 atom stereocenters. The smallest absolute Gasteiger partial charge is 0.313 e. The Hall–Kier alpha value is -2.72. The van der Waals surface area contributed by atoms with E-state index in [1.54, 1.807) is 26.8 Å². The molecule has 0 amide bonds. The molecular formula is C41H60O9. The van der Waals surface area contributed by atoms with Crippen molar-refractivity contribution in [1.82, 2.24) is 0 Å². The Morgan fingerprint density at radius 2 is 1.64 bits per heavy atom. The van der Waals surface area contributed by atoms with Crippen molar-refractivity contribution in [2.75, 3.05) is 7.11 Å². The third kappa shape index (κ3) is 8.01. The standard InChI is InChI=1S/C41H60O9/c1-23(2)28-20-32(42)26(5)12-10-11-24(3)18-33(43)31-19-27(6)29-21-35(45)40(8,48)37-15-16-39(7,47)36(50-37)14-13-25(4)17-30(29)41(31,22-34(28)44)38(46)49-9/h12,17-18,23,28,30-31,35-37,45,47-48H,10-11,13-16,19-22H2,1-9H3/b24-18-,25-17+,26-12+/t28-,30-,31+,35-,36-,37+,39+,40-,41-/m0/s1. The minimum atomic E-state index is -1.71. The number of Topliss-reactive ketones (excluding diaryl/α,β-unsaturated/α-hetero) is 2. The average Bonchev–Trinajstić information content (AvgIpc) is 3.03. The van der Waals surface area contributed by atoms with Crippen LogP contribution in [0.5, 0.6) is 0 Å². The van der Waals surface area contributed by atoms with Crippen molar-refractivity contribution >= 4 is 23.3 Å². The van der Waals surface area contributed by atoms with E-state index in [0.29, 0.717) is 49.7 Å². The van der Waals surface area contributed by atoms with Gasteiger partial charge >= 0.3 is 5.97 Å². The highest BCUT2D eigenvalue weighted by Gasteiger charge is 2.60. The van der Waals surface area contributed by atoms with Crippen molar-refractivity contribution in [2.24, 2.45) is 29.1 Å². The summed E-state index contributed by atoms with van der Waals surface area (Å²) in [7, 11) is 1.27. The Morgan fingerprint density at radius 1 is 0.960 bits per heavy atom. The van der Waals surface area contributed by atoms with Crippen molar-refractivity contribution < 1.29 is 44.0 Å². The molecule has 4 aliphatic rings. The van der Waals surface area contributed by atoms with E-state index in [0.717, 1.165) is 16.7 Å². The van der Waals surface area contributed by atoms with Crippen LogP contribution >= 0.6 is 0 Å². The summed E-state index contributed by atoms with van der Waals surface area (Å²) in [6.45, 7) is 14.5. The maximum atomic E-state index is 14.6.